The summed E-state index contributed by atoms with van der Waals surface area (Å²) in [5, 5.41) is 130. The Morgan fingerprint density at radius 2 is 1.41 bits per heavy atom. The lowest BCUT2D eigenvalue weighted by molar-refractivity contribution is -0.318. The third-order valence-electron chi connectivity index (χ3n) is 20.8. The van der Waals surface area contributed by atoms with Gasteiger partial charge in [0.1, 0.15) is 46.8 Å². The second-order valence-electron chi connectivity index (χ2n) is 27.9. The van der Waals surface area contributed by atoms with Crippen LogP contribution in [0.3, 0.4) is 0 Å². The van der Waals surface area contributed by atoms with Crippen LogP contribution in [0.5, 0.6) is 5.75 Å². The Morgan fingerprint density at radius 3 is 1.99 bits per heavy atom. The van der Waals surface area contributed by atoms with Crippen molar-refractivity contribution < 1.29 is 108 Å². The van der Waals surface area contributed by atoms with E-state index in [0.29, 0.717) is 6.42 Å². The van der Waals surface area contributed by atoms with E-state index in [1.807, 2.05) is 32.8 Å². The zero-order valence-electron chi connectivity index (χ0n) is 55.9. The number of phenols is 1. The van der Waals surface area contributed by atoms with Gasteiger partial charge in [-0.25, -0.2) is 0 Å². The highest BCUT2D eigenvalue weighted by Crippen LogP contribution is 2.57. The van der Waals surface area contributed by atoms with Crippen LogP contribution in [0.15, 0.2) is 35.1 Å². The van der Waals surface area contributed by atoms with Gasteiger partial charge in [0.25, 0.3) is 5.91 Å². The molecule has 0 bridgehead atoms. The minimum absolute atomic E-state index is 0.00783. The number of aliphatic hydroxyl groups is 9. The number of ether oxygens (including phenoxy) is 6. The highest BCUT2D eigenvalue weighted by molar-refractivity contribution is 6.24. The molecule has 3 saturated heterocycles. The lowest BCUT2D eigenvalue weighted by Crippen LogP contribution is -2.67. The summed E-state index contributed by atoms with van der Waals surface area (Å²) in [6, 6.07) is 1.28. The molecule has 1 aromatic rings. The maximum Gasteiger partial charge on any atom is 0.311 e. The van der Waals surface area contributed by atoms with E-state index in [2.05, 4.69) is 21.3 Å². The SMILES string of the molecule is CC[C@H]1OC(=O)[C@H](C)[C@@H](OC2C[C@@](C)(OC)[C@@H](O)[C@H](C)O2)[C@H](C)[C@@H](OC2O[C@H](C)C[C@H](N(C)C)[C@H]2O)[C@](C)(O)C[C@@H](C)[C@H](NCCNC(=O)CCC(=O)NCCNC2C(=O)C(C(N)=O)=C(O)[C@@]3(O)C(=O)C4=C(O)c5c(O)cccc5[C@@](C)(O)[C@H]4C[C@@H]23)[C@H](C)[C@@H](O)[C@]1(C)O. The normalized spacial score (nSPS) is 41.1. The van der Waals surface area contributed by atoms with Gasteiger partial charge in [0.15, 0.2) is 24.0 Å². The number of aromatic hydroxyl groups is 1. The van der Waals surface area contributed by atoms with Gasteiger partial charge in [0.05, 0.1) is 64.8 Å². The number of likely N-dealkylation sites (N-methyl/N-ethyl adjacent to an activating group) is 1. The van der Waals surface area contributed by atoms with Crippen LogP contribution >= 0.6 is 0 Å². The first-order valence-corrected chi connectivity index (χ1v) is 32.3. The third kappa shape index (κ3) is 14.9. The number of nitrogens with one attached hydrogen (secondary N) is 4. The van der Waals surface area contributed by atoms with Gasteiger partial charge in [-0.2, -0.15) is 0 Å². The summed E-state index contributed by atoms with van der Waals surface area (Å²) in [5.41, 5.74) is -6.40. The number of phenolic OH excluding ortho intramolecular Hbond substituents is 1. The number of carbonyl (C=O) groups excluding carboxylic acids is 6. The summed E-state index contributed by atoms with van der Waals surface area (Å²) in [5.74, 6) is -14.8. The monoisotopic (exact) mass is 1320 g/mol. The van der Waals surface area contributed by atoms with Gasteiger partial charge >= 0.3 is 5.97 Å². The molecule has 3 aliphatic carbocycles. The van der Waals surface area contributed by atoms with Crippen molar-refractivity contribution in [1.29, 1.82) is 0 Å². The van der Waals surface area contributed by atoms with Gasteiger partial charge in [-0.3, -0.25) is 28.8 Å². The lowest BCUT2D eigenvalue weighted by Gasteiger charge is -2.52. The highest BCUT2D eigenvalue weighted by atomic mass is 16.7. The molecule has 1 aromatic carbocycles. The number of methoxy groups -OCH3 is 1. The first kappa shape index (κ1) is 75.1. The smallest absolute Gasteiger partial charge is 0.311 e. The van der Waals surface area contributed by atoms with Gasteiger partial charge in [-0.15, -0.1) is 0 Å². The van der Waals surface area contributed by atoms with Crippen LogP contribution in [0.25, 0.3) is 5.76 Å². The van der Waals surface area contributed by atoms with E-state index in [-0.39, 0.29) is 75.5 Å². The Bertz CT molecular complexity index is 2980. The maximum absolute atomic E-state index is 14.6. The Hall–Kier alpha value is -5.28. The van der Waals surface area contributed by atoms with Crippen LogP contribution in [0.1, 0.15) is 132 Å². The number of primary amides is 1. The molecule has 0 spiro atoms. The molecule has 1 saturated carbocycles. The third-order valence-corrected chi connectivity index (χ3v) is 20.8. The fraction of sp³-hybridized carbons (Fsp3) is 0.754. The number of benzene rings is 1. The number of ketones is 2. The van der Waals surface area contributed by atoms with E-state index in [1.165, 1.54) is 39.2 Å². The molecule has 16 N–H and O–H groups in total. The molecular weight excluding hydrogens is 1220 g/mol. The number of cyclic esters (lactones) is 1. The Labute approximate surface area is 542 Å². The number of hydrogen-bond acceptors (Lipinski definition) is 25. The molecule has 524 valence electrons. The molecule has 93 heavy (non-hydrogen) atoms. The predicted octanol–water partition coefficient (Wildman–Crippen LogP) is -0.142. The van der Waals surface area contributed by atoms with Gasteiger partial charge in [-0.05, 0) is 106 Å². The van der Waals surface area contributed by atoms with E-state index in [4.69, 9.17) is 34.2 Å². The average Bonchev–Trinajstić information content (AvgIpc) is 0.692. The number of amides is 3. The number of aliphatic hydroxyl groups excluding tert-OH is 5. The number of carbonyl (C=O) groups is 6. The Morgan fingerprint density at radius 1 is 0.796 bits per heavy atom. The van der Waals surface area contributed by atoms with E-state index in [0.717, 1.165) is 0 Å². The van der Waals surface area contributed by atoms with Crippen molar-refractivity contribution in [1.82, 2.24) is 26.2 Å². The second-order valence-corrected chi connectivity index (χ2v) is 27.9. The fourth-order valence-corrected chi connectivity index (χ4v) is 15.4. The van der Waals surface area contributed by atoms with Crippen LogP contribution in [0.2, 0.25) is 0 Å². The standard InChI is InChI=1S/C65H102N6O22/c1-15-40-64(11,86)53(78)31(4)47(29(2)27-61(8,84)57(93-60-49(75)38(71(12)13)25-30(3)89-60)32(5)52(33(6)59(83)91-40)92-43-28-62(9,88-14)54(79)34(7)90-43)69-23-21-67-41(73)19-20-42(74)68-22-24-70-48-37-26-36-45(50(76)44-35(63(36,10)85)17-16-18-39(44)72)55(80)65(37,87)56(81)46(51(48)77)58(66)82/h16-18,29-34,36-38,40,43,47-49,52-54,57,60,69-70,72,75-76,78-79,81,84-87H,15,19-28H2,1-14H3,(H2,66,82)(H,67,73)(H,68,74)/t29-,30-,31+,32+,33-,34+,36+,37+,38+,40-,43?,47+,48?,49-,52+,53-,54+,57-,60?,61-,62-,63-,64-,65+/m1/s1. The van der Waals surface area contributed by atoms with Crippen molar-refractivity contribution in [3.05, 3.63) is 46.2 Å². The maximum atomic E-state index is 14.6. The van der Waals surface area contributed by atoms with Crippen molar-refractivity contribution in [2.75, 3.05) is 47.4 Å². The average molecular weight is 1320 g/mol. The summed E-state index contributed by atoms with van der Waals surface area (Å²) in [6.07, 6.45) is -11.6. The molecule has 3 heterocycles. The van der Waals surface area contributed by atoms with E-state index in [9.17, 15) is 79.8 Å². The first-order chi connectivity index (χ1) is 43.2. The predicted molar refractivity (Wildman–Crippen MR) is 333 cm³/mol. The van der Waals surface area contributed by atoms with Crippen LogP contribution in [0.4, 0.5) is 0 Å². The van der Waals surface area contributed by atoms with Gasteiger partial charge in [-0.1, -0.05) is 39.8 Å². The van der Waals surface area contributed by atoms with Crippen LogP contribution < -0.4 is 27.0 Å². The van der Waals surface area contributed by atoms with Crippen LogP contribution in [-0.2, 0) is 62.8 Å². The van der Waals surface area contributed by atoms with E-state index < -0.39 is 207 Å². The molecule has 3 aliphatic heterocycles. The zero-order valence-corrected chi connectivity index (χ0v) is 55.9. The number of fused-ring (bicyclic) bond motifs is 3. The Balaban J connectivity index is 1.03. The van der Waals surface area contributed by atoms with E-state index in [1.54, 1.807) is 48.5 Å². The van der Waals surface area contributed by atoms with Crippen molar-refractivity contribution in [2.24, 2.45) is 41.2 Å². The number of rotatable bonds is 19. The van der Waals surface area contributed by atoms with E-state index >= 15 is 0 Å². The number of nitrogens with zero attached hydrogens (tertiary/aromatic N) is 1. The summed E-state index contributed by atoms with van der Waals surface area (Å²) in [7, 11) is 5.11. The molecule has 28 nitrogen and oxygen atoms in total. The Kier molecular flexibility index (Phi) is 23.6. The van der Waals surface area contributed by atoms with Crippen molar-refractivity contribution in [3.8, 4) is 5.75 Å². The van der Waals surface area contributed by atoms with Crippen molar-refractivity contribution in [2.45, 2.75) is 229 Å². The molecule has 7 rings (SSSR count). The molecule has 0 aromatic heterocycles. The minimum atomic E-state index is -3.02. The fourth-order valence-electron chi connectivity index (χ4n) is 15.4. The number of hydrogen-bond donors (Lipinski definition) is 15. The number of Topliss-reactive ketones (excluding diaryl/α,β-unsaturated/α-hetero) is 2. The summed E-state index contributed by atoms with van der Waals surface area (Å²) in [6.45, 7) is 17.7. The quantitative estimate of drug-likeness (QED) is 0.0487. The van der Waals surface area contributed by atoms with Crippen LogP contribution in [0, 0.1) is 35.5 Å². The number of nitrogens with two attached hydrogens (primary N) is 1. The minimum Gasteiger partial charge on any atom is -0.508 e. The van der Waals surface area contributed by atoms with Crippen molar-refractivity contribution in [3.63, 3.8) is 0 Å². The van der Waals surface area contributed by atoms with Gasteiger partial charge in [0, 0.05) is 93.9 Å². The second kappa shape index (κ2) is 29.2. The van der Waals surface area contributed by atoms with Gasteiger partial charge in [0.2, 0.25) is 17.6 Å². The molecule has 28 heteroatoms. The molecule has 0 radical (unpaired) electrons. The first-order valence-electron chi connectivity index (χ1n) is 32.3. The zero-order chi connectivity index (χ0) is 69.5. The molecular formula is C65H102N6O22. The van der Waals surface area contributed by atoms with Gasteiger partial charge < -0.3 is 111 Å². The largest absolute Gasteiger partial charge is 0.508 e. The summed E-state index contributed by atoms with van der Waals surface area (Å²) < 4.78 is 38.0. The number of esters is 1. The molecule has 4 fully saturated rings. The lowest BCUT2D eigenvalue weighted by atomic mass is 9.54. The topological polar surface area (TPSA) is 437 Å². The molecule has 6 aliphatic rings. The van der Waals surface area contributed by atoms with Crippen molar-refractivity contribution >= 4 is 41.0 Å². The molecule has 24 atom stereocenters. The molecule has 3 unspecified atom stereocenters. The molecule has 3 amide bonds. The van der Waals surface area contributed by atoms with Crippen LogP contribution in [-0.4, -0.2) is 241 Å². The summed E-state index contributed by atoms with van der Waals surface area (Å²) in [4.78, 5) is 83.8. The summed E-state index contributed by atoms with van der Waals surface area (Å²) >= 11 is 0. The highest BCUT2D eigenvalue weighted by Gasteiger charge is 2.66.